The van der Waals surface area contributed by atoms with Crippen LogP contribution >= 0.6 is 11.6 Å². The second-order valence-electron chi connectivity index (χ2n) is 2.98. The first-order valence-corrected chi connectivity index (χ1v) is 4.91. The van der Waals surface area contributed by atoms with Crippen LogP contribution < -0.4 is 5.32 Å². The number of rotatable bonds is 4. The van der Waals surface area contributed by atoms with Gasteiger partial charge in [-0.15, -0.1) is 0 Å². The molecule has 0 spiro atoms. The summed E-state index contributed by atoms with van der Waals surface area (Å²) in [7, 11) is 0. The van der Waals surface area contributed by atoms with Gasteiger partial charge in [0, 0.05) is 24.9 Å². The maximum absolute atomic E-state index is 5.66. The Morgan fingerprint density at radius 3 is 2.73 bits per heavy atom. The molecule has 2 heterocycles. The number of halogens is 1. The minimum Gasteiger partial charge on any atom is -0.354 e. The van der Waals surface area contributed by atoms with Gasteiger partial charge in [0.2, 0.25) is 5.95 Å². The van der Waals surface area contributed by atoms with Crippen LogP contribution in [-0.2, 0) is 6.42 Å². The number of hydrogen-bond donors (Lipinski definition) is 2. The average Bonchev–Trinajstić information content (AvgIpc) is 2.74. The van der Waals surface area contributed by atoms with Gasteiger partial charge >= 0.3 is 0 Å². The van der Waals surface area contributed by atoms with Crippen LogP contribution in [0.15, 0.2) is 24.9 Å². The maximum Gasteiger partial charge on any atom is 0.222 e. The topological polar surface area (TPSA) is 66.5 Å². The second-order valence-corrected chi connectivity index (χ2v) is 3.41. The molecule has 0 saturated carbocycles. The van der Waals surface area contributed by atoms with Gasteiger partial charge in [0.1, 0.15) is 0 Å². The Morgan fingerprint density at radius 2 is 2.07 bits per heavy atom. The van der Waals surface area contributed by atoms with Crippen molar-refractivity contribution in [1.82, 2.24) is 19.9 Å². The van der Waals surface area contributed by atoms with E-state index >= 15 is 0 Å². The fourth-order valence-electron chi connectivity index (χ4n) is 1.13. The molecular formula is C9H10ClN5. The van der Waals surface area contributed by atoms with Gasteiger partial charge in [-0.25, -0.2) is 15.0 Å². The SMILES string of the molecule is Clc1cnc(NCCc2cnc[nH]2)nc1. The zero-order valence-corrected chi connectivity index (χ0v) is 8.70. The van der Waals surface area contributed by atoms with E-state index in [1.165, 1.54) is 0 Å². The van der Waals surface area contributed by atoms with Gasteiger partial charge in [-0.3, -0.25) is 0 Å². The molecule has 2 aromatic rings. The molecule has 5 nitrogen and oxygen atoms in total. The Balaban J connectivity index is 1.81. The van der Waals surface area contributed by atoms with E-state index in [2.05, 4.69) is 25.3 Å². The molecule has 0 bridgehead atoms. The number of anilines is 1. The molecule has 78 valence electrons. The lowest BCUT2D eigenvalue weighted by Crippen LogP contribution is -2.07. The summed E-state index contributed by atoms with van der Waals surface area (Å²) in [5, 5.41) is 3.62. The second kappa shape index (κ2) is 4.75. The Kier molecular flexibility index (Phi) is 3.14. The molecule has 0 aromatic carbocycles. The molecule has 0 fully saturated rings. The molecule has 0 saturated heterocycles. The van der Waals surface area contributed by atoms with Crippen molar-refractivity contribution in [3.05, 3.63) is 35.6 Å². The molecule has 0 unspecified atom stereocenters. The Labute approximate surface area is 91.9 Å². The minimum absolute atomic E-state index is 0.536. The van der Waals surface area contributed by atoms with E-state index in [1.807, 2.05) is 0 Å². The lowest BCUT2D eigenvalue weighted by molar-refractivity contribution is 0.953. The summed E-state index contributed by atoms with van der Waals surface area (Å²) in [6.45, 7) is 0.754. The predicted octanol–water partition coefficient (Wildman–Crippen LogP) is 1.51. The summed E-state index contributed by atoms with van der Waals surface area (Å²) in [6.07, 6.45) is 7.44. The third kappa shape index (κ3) is 2.92. The number of aromatic amines is 1. The third-order valence-corrected chi connectivity index (χ3v) is 2.05. The molecule has 0 aliphatic rings. The molecule has 0 aliphatic carbocycles. The van der Waals surface area contributed by atoms with Crippen molar-refractivity contribution in [2.75, 3.05) is 11.9 Å². The summed E-state index contributed by atoms with van der Waals surface area (Å²) in [6, 6.07) is 0. The highest BCUT2D eigenvalue weighted by molar-refractivity contribution is 6.30. The first-order valence-electron chi connectivity index (χ1n) is 4.53. The monoisotopic (exact) mass is 223 g/mol. The van der Waals surface area contributed by atoms with E-state index in [-0.39, 0.29) is 0 Å². The van der Waals surface area contributed by atoms with Crippen molar-refractivity contribution in [3.63, 3.8) is 0 Å². The molecule has 0 aliphatic heterocycles. The van der Waals surface area contributed by atoms with Crippen LogP contribution in [0.1, 0.15) is 5.69 Å². The van der Waals surface area contributed by atoms with E-state index in [0.29, 0.717) is 11.0 Å². The number of nitrogens with zero attached hydrogens (tertiary/aromatic N) is 3. The summed E-state index contributed by atoms with van der Waals surface area (Å²) < 4.78 is 0. The molecule has 2 rings (SSSR count). The smallest absolute Gasteiger partial charge is 0.222 e. The molecule has 0 amide bonds. The van der Waals surface area contributed by atoms with Gasteiger partial charge in [0.25, 0.3) is 0 Å². The summed E-state index contributed by atoms with van der Waals surface area (Å²) >= 11 is 5.66. The van der Waals surface area contributed by atoms with Gasteiger partial charge in [-0.1, -0.05) is 11.6 Å². The number of imidazole rings is 1. The molecule has 2 N–H and O–H groups in total. The van der Waals surface area contributed by atoms with Crippen LogP contribution in [-0.4, -0.2) is 26.5 Å². The van der Waals surface area contributed by atoms with Crippen molar-refractivity contribution in [2.24, 2.45) is 0 Å². The Hall–Kier alpha value is -1.62. The van der Waals surface area contributed by atoms with Crippen molar-refractivity contribution < 1.29 is 0 Å². The van der Waals surface area contributed by atoms with Crippen LogP contribution in [0.5, 0.6) is 0 Å². The van der Waals surface area contributed by atoms with Crippen molar-refractivity contribution in [3.8, 4) is 0 Å². The highest BCUT2D eigenvalue weighted by atomic mass is 35.5. The van der Waals surface area contributed by atoms with Crippen LogP contribution in [0, 0.1) is 0 Å². The van der Waals surface area contributed by atoms with Gasteiger partial charge in [0.05, 0.1) is 23.7 Å². The molecule has 2 aromatic heterocycles. The van der Waals surface area contributed by atoms with Crippen LogP contribution in [0.4, 0.5) is 5.95 Å². The number of H-pyrrole nitrogens is 1. The normalized spacial score (nSPS) is 10.2. The number of aromatic nitrogens is 4. The summed E-state index contributed by atoms with van der Waals surface area (Å²) in [5.41, 5.74) is 1.08. The van der Waals surface area contributed by atoms with E-state index in [1.54, 1.807) is 24.9 Å². The zero-order valence-electron chi connectivity index (χ0n) is 7.94. The first kappa shape index (κ1) is 9.92. The number of hydrogen-bond acceptors (Lipinski definition) is 4. The van der Waals surface area contributed by atoms with Gasteiger partial charge in [-0.05, 0) is 0 Å². The molecular weight excluding hydrogens is 214 g/mol. The molecule has 6 heteroatoms. The van der Waals surface area contributed by atoms with Crippen LogP contribution in [0.2, 0.25) is 5.02 Å². The van der Waals surface area contributed by atoms with E-state index < -0.39 is 0 Å². The van der Waals surface area contributed by atoms with Crippen molar-refractivity contribution in [1.29, 1.82) is 0 Å². The van der Waals surface area contributed by atoms with Gasteiger partial charge in [0.15, 0.2) is 0 Å². The standard InChI is InChI=1S/C9H10ClN5/c10-7-3-13-9(14-4-7)12-2-1-8-5-11-6-15-8/h3-6H,1-2H2,(H,11,15)(H,12,13,14). The lowest BCUT2D eigenvalue weighted by Gasteiger charge is -2.02. The quantitative estimate of drug-likeness (QED) is 0.825. The van der Waals surface area contributed by atoms with Crippen molar-refractivity contribution in [2.45, 2.75) is 6.42 Å². The first-order chi connectivity index (χ1) is 7.34. The highest BCUT2D eigenvalue weighted by Crippen LogP contribution is 2.05. The van der Waals surface area contributed by atoms with Crippen LogP contribution in [0.3, 0.4) is 0 Å². The Morgan fingerprint density at radius 1 is 1.27 bits per heavy atom. The molecule has 15 heavy (non-hydrogen) atoms. The molecule has 0 radical (unpaired) electrons. The number of nitrogens with one attached hydrogen (secondary N) is 2. The van der Waals surface area contributed by atoms with Gasteiger partial charge < -0.3 is 10.3 Å². The highest BCUT2D eigenvalue weighted by Gasteiger charge is 1.96. The summed E-state index contributed by atoms with van der Waals surface area (Å²) in [4.78, 5) is 15.0. The fraction of sp³-hybridized carbons (Fsp3) is 0.222. The summed E-state index contributed by atoms with van der Waals surface area (Å²) in [5.74, 6) is 0.582. The maximum atomic E-state index is 5.66. The minimum atomic E-state index is 0.536. The Bertz CT molecular complexity index is 397. The van der Waals surface area contributed by atoms with E-state index in [9.17, 15) is 0 Å². The average molecular weight is 224 g/mol. The van der Waals surface area contributed by atoms with Crippen LogP contribution in [0.25, 0.3) is 0 Å². The predicted molar refractivity (Wildman–Crippen MR) is 57.8 cm³/mol. The molecule has 0 atom stereocenters. The van der Waals surface area contributed by atoms with Gasteiger partial charge in [-0.2, -0.15) is 0 Å². The third-order valence-electron chi connectivity index (χ3n) is 1.85. The lowest BCUT2D eigenvalue weighted by atomic mass is 10.3. The largest absolute Gasteiger partial charge is 0.354 e. The fourth-order valence-corrected chi connectivity index (χ4v) is 1.23. The zero-order chi connectivity index (χ0) is 10.5. The van der Waals surface area contributed by atoms with Crippen molar-refractivity contribution >= 4 is 17.5 Å². The van der Waals surface area contributed by atoms with E-state index in [4.69, 9.17) is 11.6 Å². The van der Waals surface area contributed by atoms with E-state index in [0.717, 1.165) is 18.7 Å².